The number of Topliss-reactive ketones (excluding diaryl/α,β-unsaturated/α-hetero) is 2. The van der Waals surface area contributed by atoms with Crippen molar-refractivity contribution in [3.05, 3.63) is 0 Å². The molecule has 0 heterocycles. The van der Waals surface area contributed by atoms with E-state index in [1.807, 2.05) is 0 Å². The zero-order chi connectivity index (χ0) is 20.1. The van der Waals surface area contributed by atoms with Gasteiger partial charge < -0.3 is 19.8 Å². The number of hydrogen-bond donors (Lipinski definition) is 0. The Morgan fingerprint density at radius 3 is 1.20 bits per heavy atom. The second-order valence-electron chi connectivity index (χ2n) is 4.66. The van der Waals surface area contributed by atoms with Crippen molar-refractivity contribution in [1.29, 1.82) is 0 Å². The van der Waals surface area contributed by atoms with Crippen LogP contribution in [0.25, 0.3) is 0 Å². The van der Waals surface area contributed by atoms with Gasteiger partial charge in [0.25, 0.3) is 0 Å². The van der Waals surface area contributed by atoms with Gasteiger partial charge in [-0.05, 0) is 0 Å². The predicted molar refractivity (Wildman–Crippen MR) is 82.3 cm³/mol. The van der Waals surface area contributed by atoms with Gasteiger partial charge in [0.1, 0.15) is 11.6 Å². The Bertz CT molecular complexity index is 337. The molecule has 0 aromatic rings. The van der Waals surface area contributed by atoms with Crippen molar-refractivity contribution in [3.63, 3.8) is 0 Å². The topological polar surface area (TPSA) is 133 Å². The fourth-order valence-electron chi connectivity index (χ4n) is 0.901. The van der Waals surface area contributed by atoms with Gasteiger partial charge >= 0.3 is 69.6 Å². The molecule has 0 aliphatic heterocycles. The first-order valence-electron chi connectivity index (χ1n) is 8.16. The van der Waals surface area contributed by atoms with Crippen LogP contribution in [0, 0.1) is 0 Å². The van der Waals surface area contributed by atoms with E-state index in [1.54, 1.807) is 13.8 Å². The number of hydrogen-bond acceptors (Lipinski definition) is 8. The number of carbonyl (C=O) groups excluding carboxylic acids is 4. The Kier molecular flexibility index (Phi) is 26.7. The number of carboxylic acids is 2. The molecule has 0 amide bonds. The summed E-state index contributed by atoms with van der Waals surface area (Å²) in [5.74, 6) is -3.16. The van der Waals surface area contributed by atoms with Crippen LogP contribution in [-0.4, -0.2) is 36.7 Å². The standard InChI is InChI=1S/2C5H8O3.2C3H7O.Zr/c2*1-2-4(6)3-5(7)8;2*1-2-3-4;/h2*2-3H2,1H3,(H,7,8);2*2-3H2,1H3;/q;;2*-1;+4/p-2. The molecule has 0 N–H and O–H groups in total. The van der Waals surface area contributed by atoms with Crippen LogP contribution in [0.1, 0.15) is 66.2 Å². The van der Waals surface area contributed by atoms with E-state index >= 15 is 0 Å². The van der Waals surface area contributed by atoms with Crippen LogP contribution < -0.4 is 10.2 Å². The summed E-state index contributed by atoms with van der Waals surface area (Å²) in [6.45, 7) is 9.22. The second-order valence-corrected chi connectivity index (χ2v) is 6.49. The van der Waals surface area contributed by atoms with Crippen molar-refractivity contribution < 1.29 is 59.1 Å². The molecule has 0 rings (SSSR count). The Morgan fingerprint density at radius 1 is 0.720 bits per heavy atom. The van der Waals surface area contributed by atoms with Crippen molar-refractivity contribution in [3.8, 4) is 0 Å². The zero-order valence-corrected chi connectivity index (χ0v) is 17.9. The van der Waals surface area contributed by atoms with Crippen LogP contribution in [0.3, 0.4) is 0 Å². The molecule has 9 heteroatoms. The number of carboxylic acid groups (broad SMARTS) is 2. The summed E-state index contributed by atoms with van der Waals surface area (Å²) in [7, 11) is 0. The first-order chi connectivity index (χ1) is 11.7. The first kappa shape index (κ1) is 28.9. The van der Waals surface area contributed by atoms with Crippen molar-refractivity contribution in [1.82, 2.24) is 0 Å². The molecule has 0 saturated heterocycles. The van der Waals surface area contributed by atoms with Gasteiger partial charge in [-0.1, -0.05) is 13.8 Å². The minimum absolute atomic E-state index is 0.272. The van der Waals surface area contributed by atoms with E-state index in [0.29, 0.717) is 0 Å². The summed E-state index contributed by atoms with van der Waals surface area (Å²) < 4.78 is 10.5. The summed E-state index contributed by atoms with van der Waals surface area (Å²) in [6, 6.07) is 0. The molecule has 0 bridgehead atoms. The van der Waals surface area contributed by atoms with Gasteiger partial charge in [-0.3, -0.25) is 9.59 Å². The Labute approximate surface area is 162 Å². The molecular formula is C16H28O8Zr. The average molecular weight is 440 g/mol. The van der Waals surface area contributed by atoms with Crippen molar-refractivity contribution >= 4 is 23.5 Å². The zero-order valence-electron chi connectivity index (χ0n) is 15.4. The second kappa shape index (κ2) is 23.1. The van der Waals surface area contributed by atoms with Crippen LogP contribution in [0.4, 0.5) is 0 Å². The number of carbonyl (C=O) groups is 4. The molecule has 0 radical (unpaired) electrons. The van der Waals surface area contributed by atoms with Gasteiger partial charge in [-0.2, -0.15) is 0 Å². The third-order valence-corrected chi connectivity index (χ3v) is 3.78. The van der Waals surface area contributed by atoms with E-state index in [2.05, 4.69) is 13.8 Å². The van der Waals surface area contributed by atoms with Crippen molar-refractivity contribution in [2.75, 3.05) is 13.2 Å². The molecule has 0 atom stereocenters. The fraction of sp³-hybridized carbons (Fsp3) is 0.750. The number of ketones is 2. The van der Waals surface area contributed by atoms with Crippen LogP contribution in [0.5, 0.6) is 0 Å². The van der Waals surface area contributed by atoms with Crippen molar-refractivity contribution in [2.24, 2.45) is 0 Å². The maximum absolute atomic E-state index is 10.2. The molecule has 8 nitrogen and oxygen atoms in total. The summed E-state index contributed by atoms with van der Waals surface area (Å²) in [6.07, 6.45) is 1.86. The molecule has 0 aromatic heterocycles. The van der Waals surface area contributed by atoms with Gasteiger partial charge in [0.05, 0.1) is 0 Å². The predicted octanol–water partition coefficient (Wildman–Crippen LogP) is -0.0369. The summed E-state index contributed by atoms with van der Waals surface area (Å²) in [5.41, 5.74) is 0. The molecule has 144 valence electrons. The Hall–Kier alpha value is -0.917. The summed E-state index contributed by atoms with van der Waals surface area (Å²) >= 11 is -0.851. The van der Waals surface area contributed by atoms with Crippen LogP contribution >= 0.6 is 0 Å². The first-order valence-corrected chi connectivity index (χ1v) is 10.2. The number of rotatable bonds is 12. The molecule has 0 fully saturated rings. The SMILES string of the molecule is CCC(=O)CC(=O)[O-].CCC(=O)CC(=O)[O-].CCC[O][Zr+2][O]CCC. The molecule has 0 aliphatic carbocycles. The quantitative estimate of drug-likeness (QED) is 0.306. The van der Waals surface area contributed by atoms with E-state index in [-0.39, 0.29) is 24.4 Å². The molecule has 0 aromatic carbocycles. The van der Waals surface area contributed by atoms with E-state index in [1.165, 1.54) is 0 Å². The van der Waals surface area contributed by atoms with Gasteiger partial charge in [0, 0.05) is 37.6 Å². The van der Waals surface area contributed by atoms with E-state index in [0.717, 1.165) is 26.1 Å². The van der Waals surface area contributed by atoms with Crippen LogP contribution in [0.2, 0.25) is 0 Å². The summed E-state index contributed by atoms with van der Waals surface area (Å²) in [4.78, 5) is 39.7. The normalized spacial score (nSPS) is 8.80. The molecule has 0 saturated carbocycles. The van der Waals surface area contributed by atoms with E-state index in [4.69, 9.17) is 5.63 Å². The molecule has 0 unspecified atom stereocenters. The third-order valence-electron chi connectivity index (χ3n) is 2.20. The number of aliphatic carboxylic acids is 2. The van der Waals surface area contributed by atoms with Gasteiger partial charge in [-0.15, -0.1) is 0 Å². The van der Waals surface area contributed by atoms with Gasteiger partial charge in [0.2, 0.25) is 0 Å². The minimum atomic E-state index is -1.29. The Balaban J connectivity index is -0.000000291. The van der Waals surface area contributed by atoms with Crippen LogP contribution in [0.15, 0.2) is 0 Å². The summed E-state index contributed by atoms with van der Waals surface area (Å²) in [5, 5.41) is 19.3. The third kappa shape index (κ3) is 35.2. The van der Waals surface area contributed by atoms with Crippen LogP contribution in [-0.2, 0) is 48.9 Å². The van der Waals surface area contributed by atoms with Gasteiger partial charge in [-0.25, -0.2) is 0 Å². The molecule has 25 heavy (non-hydrogen) atoms. The molecule has 0 aliphatic rings. The Morgan fingerprint density at radius 2 is 1.04 bits per heavy atom. The molecular weight excluding hydrogens is 411 g/mol. The van der Waals surface area contributed by atoms with E-state index < -0.39 is 48.9 Å². The van der Waals surface area contributed by atoms with Crippen molar-refractivity contribution in [2.45, 2.75) is 66.2 Å². The maximum atomic E-state index is 10.2. The molecule has 0 spiro atoms. The monoisotopic (exact) mass is 438 g/mol. The fourth-order valence-corrected chi connectivity index (χ4v) is 2.52. The van der Waals surface area contributed by atoms with Gasteiger partial charge in [0.15, 0.2) is 0 Å². The average Bonchev–Trinajstić information content (AvgIpc) is 2.54. The van der Waals surface area contributed by atoms with E-state index in [9.17, 15) is 29.4 Å².